The second-order valence-corrected chi connectivity index (χ2v) is 7.02. The van der Waals surface area contributed by atoms with Crippen LogP contribution in [0.15, 0.2) is 30.3 Å². The zero-order valence-electron chi connectivity index (χ0n) is 17.8. The number of hydrogen-bond donors (Lipinski definition) is 0. The van der Waals surface area contributed by atoms with Crippen LogP contribution in [0, 0.1) is 11.6 Å². The van der Waals surface area contributed by atoms with Gasteiger partial charge < -0.3 is 23.8 Å². The van der Waals surface area contributed by atoms with Crippen LogP contribution in [0.2, 0.25) is 0 Å². The van der Waals surface area contributed by atoms with Gasteiger partial charge in [0, 0.05) is 50.4 Å². The predicted octanol–water partition coefficient (Wildman–Crippen LogP) is 2.71. The van der Waals surface area contributed by atoms with Gasteiger partial charge in [-0.2, -0.15) is 0 Å². The van der Waals surface area contributed by atoms with Gasteiger partial charge in [-0.3, -0.25) is 9.69 Å². The lowest BCUT2D eigenvalue weighted by Gasteiger charge is -2.34. The van der Waals surface area contributed by atoms with E-state index < -0.39 is 11.6 Å². The quantitative estimate of drug-likeness (QED) is 0.634. The third kappa shape index (κ3) is 5.35. The summed E-state index contributed by atoms with van der Waals surface area (Å²) in [6.07, 6.45) is 0. The van der Waals surface area contributed by atoms with Gasteiger partial charge in [0.05, 0.1) is 21.3 Å². The molecule has 1 amide bonds. The average molecular weight is 436 g/mol. The van der Waals surface area contributed by atoms with Crippen molar-refractivity contribution in [1.29, 1.82) is 0 Å². The Morgan fingerprint density at radius 3 is 2.19 bits per heavy atom. The lowest BCUT2D eigenvalue weighted by atomic mass is 10.1. The van der Waals surface area contributed by atoms with Crippen LogP contribution in [0.1, 0.15) is 5.56 Å². The molecule has 1 heterocycles. The maximum absolute atomic E-state index is 13.9. The standard InChI is InChI=1S/C22H26F2N2O5/c1-28-18-11-16(12-19(29-2)22(18)30-3)31-14-20(27)26-9-7-25(8-10-26)13-15-5-4-6-17(23)21(15)24/h4-6,11-12H,7-10,13-14H2,1-3H3. The Morgan fingerprint density at radius 1 is 0.968 bits per heavy atom. The topological polar surface area (TPSA) is 60.5 Å². The molecular weight excluding hydrogens is 410 g/mol. The fourth-order valence-electron chi connectivity index (χ4n) is 3.44. The summed E-state index contributed by atoms with van der Waals surface area (Å²) < 4.78 is 48.7. The molecule has 0 saturated carbocycles. The largest absolute Gasteiger partial charge is 0.493 e. The molecule has 0 unspecified atom stereocenters. The average Bonchev–Trinajstić information content (AvgIpc) is 2.80. The molecule has 0 spiro atoms. The molecule has 0 radical (unpaired) electrons. The van der Waals surface area contributed by atoms with Crippen LogP contribution in [-0.4, -0.2) is 69.8 Å². The van der Waals surface area contributed by atoms with Crippen molar-refractivity contribution in [2.45, 2.75) is 6.54 Å². The fraction of sp³-hybridized carbons (Fsp3) is 0.409. The number of carbonyl (C=O) groups excluding carboxylic acids is 1. The Balaban J connectivity index is 1.53. The Labute approximate surface area is 180 Å². The van der Waals surface area contributed by atoms with Crippen molar-refractivity contribution in [3.63, 3.8) is 0 Å². The normalized spacial score (nSPS) is 14.3. The van der Waals surface area contributed by atoms with Crippen LogP contribution in [0.5, 0.6) is 23.0 Å². The van der Waals surface area contributed by atoms with E-state index in [9.17, 15) is 13.6 Å². The van der Waals surface area contributed by atoms with Crippen LogP contribution in [0.3, 0.4) is 0 Å². The number of benzene rings is 2. The Bertz CT molecular complexity index is 892. The highest BCUT2D eigenvalue weighted by Gasteiger charge is 2.23. The number of methoxy groups -OCH3 is 3. The van der Waals surface area contributed by atoms with Crippen LogP contribution < -0.4 is 18.9 Å². The summed E-state index contributed by atoms with van der Waals surface area (Å²) in [6.45, 7) is 2.24. The maximum atomic E-state index is 13.9. The molecule has 9 heteroatoms. The first kappa shape index (κ1) is 22.6. The Kier molecular flexibility index (Phi) is 7.51. The third-order valence-corrected chi connectivity index (χ3v) is 5.15. The molecule has 2 aromatic rings. The van der Waals surface area contributed by atoms with E-state index >= 15 is 0 Å². The van der Waals surface area contributed by atoms with E-state index in [4.69, 9.17) is 18.9 Å². The molecule has 2 aromatic carbocycles. The van der Waals surface area contributed by atoms with E-state index in [1.165, 1.54) is 27.4 Å². The van der Waals surface area contributed by atoms with Gasteiger partial charge >= 0.3 is 0 Å². The van der Waals surface area contributed by atoms with Gasteiger partial charge in [0.25, 0.3) is 5.91 Å². The van der Waals surface area contributed by atoms with E-state index in [0.29, 0.717) is 61.3 Å². The minimum atomic E-state index is -0.852. The van der Waals surface area contributed by atoms with Gasteiger partial charge in [0.1, 0.15) is 5.75 Å². The zero-order chi connectivity index (χ0) is 22.4. The summed E-state index contributed by atoms with van der Waals surface area (Å²) in [7, 11) is 4.51. The van der Waals surface area contributed by atoms with Crippen LogP contribution in [0.25, 0.3) is 0 Å². The molecule has 3 rings (SSSR count). The molecule has 0 bridgehead atoms. The van der Waals surface area contributed by atoms with Gasteiger partial charge in [-0.25, -0.2) is 8.78 Å². The molecule has 31 heavy (non-hydrogen) atoms. The third-order valence-electron chi connectivity index (χ3n) is 5.15. The highest BCUT2D eigenvalue weighted by molar-refractivity contribution is 5.78. The zero-order valence-corrected chi connectivity index (χ0v) is 17.8. The molecule has 0 N–H and O–H groups in total. The molecule has 0 aliphatic carbocycles. The van der Waals surface area contributed by atoms with Gasteiger partial charge in [-0.15, -0.1) is 0 Å². The molecule has 7 nitrogen and oxygen atoms in total. The number of amides is 1. The summed E-state index contributed by atoms with van der Waals surface area (Å²) in [5, 5.41) is 0. The number of halogens is 2. The van der Waals surface area contributed by atoms with E-state index in [-0.39, 0.29) is 12.5 Å². The molecule has 1 aliphatic heterocycles. The van der Waals surface area contributed by atoms with Crippen LogP contribution >= 0.6 is 0 Å². The van der Waals surface area contributed by atoms with E-state index in [1.807, 2.05) is 4.90 Å². The summed E-state index contributed by atoms with van der Waals surface area (Å²) in [5.74, 6) is -0.108. The highest BCUT2D eigenvalue weighted by atomic mass is 19.2. The van der Waals surface area contributed by atoms with Crippen molar-refractivity contribution in [2.75, 3.05) is 54.1 Å². The SMILES string of the molecule is COc1cc(OCC(=O)N2CCN(Cc3cccc(F)c3F)CC2)cc(OC)c1OC. The molecule has 168 valence electrons. The molecule has 0 aromatic heterocycles. The van der Waals surface area contributed by atoms with Gasteiger partial charge in [-0.1, -0.05) is 12.1 Å². The predicted molar refractivity (Wildman–Crippen MR) is 110 cm³/mol. The first-order valence-electron chi connectivity index (χ1n) is 9.82. The van der Waals surface area contributed by atoms with Crippen LogP contribution in [0.4, 0.5) is 8.78 Å². The van der Waals surface area contributed by atoms with Crippen molar-refractivity contribution in [3.8, 4) is 23.0 Å². The summed E-state index contributed by atoms with van der Waals surface area (Å²) in [5.41, 5.74) is 0.311. The van der Waals surface area contributed by atoms with Crippen molar-refractivity contribution in [1.82, 2.24) is 9.80 Å². The number of carbonyl (C=O) groups is 1. The van der Waals surface area contributed by atoms with Crippen LogP contribution in [-0.2, 0) is 11.3 Å². The highest BCUT2D eigenvalue weighted by Crippen LogP contribution is 2.40. The second kappa shape index (κ2) is 10.3. The van der Waals surface area contributed by atoms with E-state index in [0.717, 1.165) is 6.07 Å². The van der Waals surface area contributed by atoms with Crippen molar-refractivity contribution in [2.24, 2.45) is 0 Å². The molecule has 1 saturated heterocycles. The smallest absolute Gasteiger partial charge is 0.260 e. The monoisotopic (exact) mass is 436 g/mol. The van der Waals surface area contributed by atoms with Crippen molar-refractivity contribution in [3.05, 3.63) is 47.5 Å². The number of piperazine rings is 1. The Morgan fingerprint density at radius 2 is 1.61 bits per heavy atom. The lowest BCUT2D eigenvalue weighted by Crippen LogP contribution is -2.49. The van der Waals surface area contributed by atoms with Gasteiger partial charge in [0.15, 0.2) is 29.7 Å². The van der Waals surface area contributed by atoms with Gasteiger partial charge in [-0.05, 0) is 6.07 Å². The fourth-order valence-corrected chi connectivity index (χ4v) is 3.44. The van der Waals surface area contributed by atoms with Crippen molar-refractivity contribution < 1.29 is 32.5 Å². The first-order valence-corrected chi connectivity index (χ1v) is 9.82. The van der Waals surface area contributed by atoms with E-state index in [1.54, 1.807) is 23.1 Å². The molecule has 1 aliphatic rings. The van der Waals surface area contributed by atoms with Gasteiger partial charge in [0.2, 0.25) is 5.75 Å². The molecular formula is C22H26F2N2O5. The summed E-state index contributed by atoms with van der Waals surface area (Å²) in [6, 6.07) is 7.42. The summed E-state index contributed by atoms with van der Waals surface area (Å²) >= 11 is 0. The number of rotatable bonds is 8. The minimum Gasteiger partial charge on any atom is -0.493 e. The number of hydrogen-bond acceptors (Lipinski definition) is 6. The number of nitrogens with zero attached hydrogens (tertiary/aromatic N) is 2. The second-order valence-electron chi connectivity index (χ2n) is 7.02. The Hall–Kier alpha value is -3.07. The maximum Gasteiger partial charge on any atom is 0.260 e. The summed E-state index contributed by atoms with van der Waals surface area (Å²) in [4.78, 5) is 16.2. The minimum absolute atomic E-state index is 0.142. The lowest BCUT2D eigenvalue weighted by molar-refractivity contribution is -0.135. The molecule has 1 fully saturated rings. The number of ether oxygens (including phenoxy) is 4. The first-order chi connectivity index (χ1) is 15.0. The van der Waals surface area contributed by atoms with E-state index in [2.05, 4.69) is 0 Å². The van der Waals surface area contributed by atoms with Crippen molar-refractivity contribution >= 4 is 5.91 Å². The molecule has 0 atom stereocenters.